The summed E-state index contributed by atoms with van der Waals surface area (Å²) >= 11 is 5.82. The standard InChI is InChI=1S/C10H9ClN2O2/c1-6-9(11)12-7-4-3-5-8(15-2)13(7)10(6)14/h3-5H,1-2H3. The van der Waals surface area contributed by atoms with Gasteiger partial charge in [0.1, 0.15) is 10.8 Å². The summed E-state index contributed by atoms with van der Waals surface area (Å²) in [6.45, 7) is 1.64. The largest absolute Gasteiger partial charge is 0.482 e. The number of nitrogens with zero attached hydrogens (tertiary/aromatic N) is 2. The predicted molar refractivity (Wildman–Crippen MR) is 57.8 cm³/mol. The number of halogens is 1. The molecule has 2 rings (SSSR count). The second-order valence-electron chi connectivity index (χ2n) is 3.09. The minimum Gasteiger partial charge on any atom is -0.482 e. The summed E-state index contributed by atoms with van der Waals surface area (Å²) in [5.74, 6) is 0.449. The fraction of sp³-hybridized carbons (Fsp3) is 0.200. The second kappa shape index (κ2) is 3.55. The molecule has 0 N–H and O–H groups in total. The van der Waals surface area contributed by atoms with Gasteiger partial charge < -0.3 is 4.74 Å². The van der Waals surface area contributed by atoms with Crippen LogP contribution in [0.25, 0.3) is 5.65 Å². The van der Waals surface area contributed by atoms with Gasteiger partial charge >= 0.3 is 0 Å². The van der Waals surface area contributed by atoms with Crippen molar-refractivity contribution in [2.75, 3.05) is 7.11 Å². The number of aromatic nitrogens is 2. The molecule has 0 spiro atoms. The van der Waals surface area contributed by atoms with Gasteiger partial charge in [-0.05, 0) is 19.1 Å². The smallest absolute Gasteiger partial charge is 0.265 e. The number of hydrogen-bond donors (Lipinski definition) is 0. The van der Waals surface area contributed by atoms with E-state index in [1.165, 1.54) is 11.5 Å². The fourth-order valence-corrected chi connectivity index (χ4v) is 1.54. The number of rotatable bonds is 1. The third-order valence-corrected chi connectivity index (χ3v) is 2.56. The Hall–Kier alpha value is -1.55. The topological polar surface area (TPSA) is 43.6 Å². The van der Waals surface area contributed by atoms with Gasteiger partial charge in [0, 0.05) is 0 Å². The molecule has 0 fully saturated rings. The van der Waals surface area contributed by atoms with Crippen molar-refractivity contribution in [3.63, 3.8) is 0 Å². The highest BCUT2D eigenvalue weighted by atomic mass is 35.5. The van der Waals surface area contributed by atoms with Crippen molar-refractivity contribution < 1.29 is 4.74 Å². The van der Waals surface area contributed by atoms with Gasteiger partial charge in [0.05, 0.1) is 12.7 Å². The molecule has 0 saturated carbocycles. The van der Waals surface area contributed by atoms with Gasteiger partial charge in [-0.25, -0.2) is 9.38 Å². The van der Waals surface area contributed by atoms with Gasteiger partial charge in [-0.2, -0.15) is 0 Å². The summed E-state index contributed by atoms with van der Waals surface area (Å²) in [4.78, 5) is 16.0. The van der Waals surface area contributed by atoms with E-state index in [-0.39, 0.29) is 10.7 Å². The highest BCUT2D eigenvalue weighted by molar-refractivity contribution is 6.30. The molecule has 2 aromatic heterocycles. The van der Waals surface area contributed by atoms with Crippen LogP contribution in [0.2, 0.25) is 5.15 Å². The Morgan fingerprint density at radius 2 is 2.20 bits per heavy atom. The summed E-state index contributed by atoms with van der Waals surface area (Å²) in [6, 6.07) is 5.16. The lowest BCUT2D eigenvalue weighted by Crippen LogP contribution is -2.19. The number of pyridine rings is 1. The third-order valence-electron chi connectivity index (χ3n) is 2.19. The van der Waals surface area contributed by atoms with Gasteiger partial charge in [-0.1, -0.05) is 17.7 Å². The zero-order valence-electron chi connectivity index (χ0n) is 8.32. The fourth-order valence-electron chi connectivity index (χ4n) is 1.37. The Labute approximate surface area is 91.1 Å². The molecule has 0 aliphatic carbocycles. The molecule has 15 heavy (non-hydrogen) atoms. The van der Waals surface area contributed by atoms with E-state index in [2.05, 4.69) is 4.98 Å². The zero-order valence-corrected chi connectivity index (χ0v) is 9.08. The number of hydrogen-bond acceptors (Lipinski definition) is 3. The van der Waals surface area contributed by atoms with Crippen molar-refractivity contribution in [2.24, 2.45) is 0 Å². The maximum Gasteiger partial charge on any atom is 0.265 e. The molecule has 0 aliphatic rings. The van der Waals surface area contributed by atoms with Crippen LogP contribution in [0.1, 0.15) is 5.56 Å². The van der Waals surface area contributed by atoms with E-state index in [0.29, 0.717) is 17.1 Å². The molecule has 0 saturated heterocycles. The average Bonchev–Trinajstić information content (AvgIpc) is 2.25. The predicted octanol–water partition coefficient (Wildman–Crippen LogP) is 1.66. The number of methoxy groups -OCH3 is 1. The first kappa shape index (κ1) is 9.98. The van der Waals surface area contributed by atoms with Gasteiger partial charge in [0.25, 0.3) is 5.56 Å². The molecule has 0 amide bonds. The van der Waals surface area contributed by atoms with E-state index < -0.39 is 0 Å². The second-order valence-corrected chi connectivity index (χ2v) is 3.45. The first-order valence-corrected chi connectivity index (χ1v) is 4.75. The summed E-state index contributed by atoms with van der Waals surface area (Å²) in [5.41, 5.74) is 0.691. The van der Waals surface area contributed by atoms with Gasteiger partial charge in [-0.3, -0.25) is 4.79 Å². The average molecular weight is 225 g/mol. The Kier molecular flexibility index (Phi) is 2.36. The summed E-state index contributed by atoms with van der Waals surface area (Å²) < 4.78 is 6.47. The summed E-state index contributed by atoms with van der Waals surface area (Å²) in [6.07, 6.45) is 0. The van der Waals surface area contributed by atoms with E-state index in [1.807, 2.05) is 0 Å². The highest BCUT2D eigenvalue weighted by Crippen LogP contribution is 2.14. The lowest BCUT2D eigenvalue weighted by atomic mass is 10.3. The van der Waals surface area contributed by atoms with Crippen LogP contribution < -0.4 is 10.3 Å². The lowest BCUT2D eigenvalue weighted by molar-refractivity contribution is 0.390. The maximum atomic E-state index is 11.9. The summed E-state index contributed by atoms with van der Waals surface area (Å²) in [7, 11) is 1.51. The minimum absolute atomic E-state index is 0.206. The van der Waals surface area contributed by atoms with Crippen LogP contribution in [-0.2, 0) is 0 Å². The SMILES string of the molecule is COc1cccc2nc(Cl)c(C)c(=O)n12. The molecule has 0 aromatic carbocycles. The summed E-state index contributed by atoms with van der Waals surface area (Å²) in [5, 5.41) is 0.230. The molecule has 2 aromatic rings. The molecule has 0 atom stereocenters. The van der Waals surface area contributed by atoms with E-state index in [0.717, 1.165) is 0 Å². The molecular formula is C10H9ClN2O2. The van der Waals surface area contributed by atoms with Crippen molar-refractivity contribution in [1.82, 2.24) is 9.38 Å². The molecule has 5 heteroatoms. The minimum atomic E-state index is -0.206. The van der Waals surface area contributed by atoms with E-state index in [1.54, 1.807) is 25.1 Å². The molecule has 0 bridgehead atoms. The normalized spacial score (nSPS) is 10.6. The number of ether oxygens (including phenoxy) is 1. The van der Waals surface area contributed by atoms with Crippen molar-refractivity contribution in [1.29, 1.82) is 0 Å². The number of fused-ring (bicyclic) bond motifs is 1. The first-order valence-electron chi connectivity index (χ1n) is 4.37. The molecule has 2 heterocycles. The monoisotopic (exact) mass is 224 g/mol. The molecule has 0 aliphatic heterocycles. The van der Waals surface area contributed by atoms with Crippen LogP contribution in [-0.4, -0.2) is 16.5 Å². The van der Waals surface area contributed by atoms with Crippen LogP contribution in [0.5, 0.6) is 5.88 Å². The van der Waals surface area contributed by atoms with Crippen LogP contribution >= 0.6 is 11.6 Å². The van der Waals surface area contributed by atoms with E-state index in [9.17, 15) is 4.79 Å². The zero-order chi connectivity index (χ0) is 11.0. The lowest BCUT2D eigenvalue weighted by Gasteiger charge is -2.07. The van der Waals surface area contributed by atoms with Gasteiger partial charge in [-0.15, -0.1) is 0 Å². The van der Waals surface area contributed by atoms with Crippen molar-refractivity contribution in [3.05, 3.63) is 39.3 Å². The first-order chi connectivity index (χ1) is 7.15. The van der Waals surface area contributed by atoms with E-state index >= 15 is 0 Å². The highest BCUT2D eigenvalue weighted by Gasteiger charge is 2.09. The van der Waals surface area contributed by atoms with Crippen molar-refractivity contribution in [3.8, 4) is 5.88 Å². The quantitative estimate of drug-likeness (QED) is 0.692. The Morgan fingerprint density at radius 3 is 2.87 bits per heavy atom. The van der Waals surface area contributed by atoms with Crippen LogP contribution in [0.3, 0.4) is 0 Å². The Morgan fingerprint density at radius 1 is 1.47 bits per heavy atom. The molecule has 4 nitrogen and oxygen atoms in total. The molecule has 78 valence electrons. The molecule has 0 unspecified atom stereocenters. The third kappa shape index (κ3) is 1.47. The Bertz CT molecular complexity index is 577. The molecule has 0 radical (unpaired) electrons. The van der Waals surface area contributed by atoms with Crippen LogP contribution in [0.15, 0.2) is 23.0 Å². The maximum absolute atomic E-state index is 11.9. The van der Waals surface area contributed by atoms with E-state index in [4.69, 9.17) is 16.3 Å². The molecular weight excluding hydrogens is 216 g/mol. The Balaban J connectivity index is 3.00. The van der Waals surface area contributed by atoms with Crippen LogP contribution in [0, 0.1) is 6.92 Å². The van der Waals surface area contributed by atoms with Gasteiger partial charge in [0.2, 0.25) is 5.88 Å². The van der Waals surface area contributed by atoms with Crippen LogP contribution in [0.4, 0.5) is 0 Å². The van der Waals surface area contributed by atoms with Gasteiger partial charge in [0.15, 0.2) is 0 Å². The van der Waals surface area contributed by atoms with Crippen molar-refractivity contribution >= 4 is 17.2 Å². The van der Waals surface area contributed by atoms with Crippen molar-refractivity contribution in [2.45, 2.75) is 6.92 Å².